The smallest absolute Gasteiger partial charge is 0.335 e. The zero-order chi connectivity index (χ0) is 23.9. The lowest BCUT2D eigenvalue weighted by Gasteiger charge is -2.11. The van der Waals surface area contributed by atoms with E-state index in [1.807, 2.05) is 0 Å². The molecule has 0 unspecified atom stereocenters. The fourth-order valence-electron chi connectivity index (χ4n) is 3.70. The molecule has 1 N–H and O–H groups in total. The van der Waals surface area contributed by atoms with Crippen molar-refractivity contribution in [2.24, 2.45) is 0 Å². The lowest BCUT2D eigenvalue weighted by molar-refractivity contribution is 0.0696. The van der Waals surface area contributed by atoms with Crippen LogP contribution in [0.15, 0.2) is 65.5 Å². The molecular weight excluding hydrogens is 449 g/mol. The van der Waals surface area contributed by atoms with Crippen molar-refractivity contribution in [3.05, 3.63) is 98.7 Å². The van der Waals surface area contributed by atoms with E-state index in [1.165, 1.54) is 32.2 Å². The molecule has 3 aromatic carbocycles. The van der Waals surface area contributed by atoms with Crippen LogP contribution < -0.4 is 5.69 Å². The van der Waals surface area contributed by atoms with Crippen molar-refractivity contribution in [1.82, 2.24) is 14.0 Å². The van der Waals surface area contributed by atoms with Gasteiger partial charge in [0.1, 0.15) is 5.52 Å². The molecule has 0 saturated carbocycles. The highest BCUT2D eigenvalue weighted by atomic mass is 35.5. The molecule has 0 spiro atoms. The van der Waals surface area contributed by atoms with Crippen LogP contribution in [-0.2, 0) is 6.54 Å². The molecule has 1 amide bonds. The normalized spacial score (nSPS) is 11.0. The molecule has 0 aliphatic carbocycles. The Morgan fingerprint density at radius 1 is 1.03 bits per heavy atom. The number of aromatic nitrogens is 2. The summed E-state index contributed by atoms with van der Waals surface area (Å²) in [6.07, 6.45) is 0. The first-order valence-electron chi connectivity index (χ1n) is 9.92. The Balaban J connectivity index is 1.89. The number of benzene rings is 3. The van der Waals surface area contributed by atoms with Crippen LogP contribution in [0, 0.1) is 5.82 Å². The predicted molar refractivity (Wildman–Crippen MR) is 123 cm³/mol. The fourth-order valence-corrected chi connectivity index (χ4v) is 3.90. The van der Waals surface area contributed by atoms with Crippen LogP contribution in [0.2, 0.25) is 5.02 Å². The van der Waals surface area contributed by atoms with E-state index in [-0.39, 0.29) is 34.1 Å². The molecule has 0 fully saturated rings. The summed E-state index contributed by atoms with van der Waals surface area (Å²) in [7, 11) is 3.27. The molecule has 0 aliphatic heterocycles. The number of carbonyl (C=O) groups is 2. The molecule has 33 heavy (non-hydrogen) atoms. The van der Waals surface area contributed by atoms with Gasteiger partial charge in [-0.05, 0) is 54.1 Å². The Bertz CT molecular complexity index is 1460. The minimum Gasteiger partial charge on any atom is -0.478 e. The van der Waals surface area contributed by atoms with Gasteiger partial charge in [0, 0.05) is 24.7 Å². The molecule has 1 heterocycles. The third-order valence-electron chi connectivity index (χ3n) is 5.23. The van der Waals surface area contributed by atoms with Gasteiger partial charge in [0.05, 0.1) is 23.3 Å². The molecule has 0 aliphatic rings. The summed E-state index contributed by atoms with van der Waals surface area (Å²) in [6.45, 7) is -0.0425. The Kier molecular flexibility index (Phi) is 5.78. The third-order valence-corrected chi connectivity index (χ3v) is 5.45. The van der Waals surface area contributed by atoms with Gasteiger partial charge >= 0.3 is 11.7 Å². The summed E-state index contributed by atoms with van der Waals surface area (Å²) in [6, 6.07) is 15.1. The number of imidazole rings is 1. The second-order valence-corrected chi connectivity index (χ2v) is 8.15. The number of aromatic carboxylic acids is 1. The summed E-state index contributed by atoms with van der Waals surface area (Å²) < 4.78 is 17.5. The number of carboxylic acid groups (broad SMARTS) is 1. The van der Waals surface area contributed by atoms with E-state index in [4.69, 9.17) is 11.6 Å². The maximum absolute atomic E-state index is 15.0. The molecule has 0 atom stereocenters. The van der Waals surface area contributed by atoms with Crippen molar-refractivity contribution >= 4 is 34.5 Å². The van der Waals surface area contributed by atoms with E-state index in [0.717, 1.165) is 6.07 Å². The van der Waals surface area contributed by atoms with E-state index in [2.05, 4.69) is 0 Å². The highest BCUT2D eigenvalue weighted by molar-refractivity contribution is 6.31. The number of carbonyl (C=O) groups excluding carboxylic acids is 1. The van der Waals surface area contributed by atoms with Gasteiger partial charge in [-0.15, -0.1) is 0 Å². The van der Waals surface area contributed by atoms with Crippen LogP contribution in [0.3, 0.4) is 0 Å². The van der Waals surface area contributed by atoms with Gasteiger partial charge in [0.2, 0.25) is 0 Å². The highest BCUT2D eigenvalue weighted by Crippen LogP contribution is 2.26. The molecule has 168 valence electrons. The van der Waals surface area contributed by atoms with E-state index in [9.17, 15) is 23.9 Å². The van der Waals surface area contributed by atoms with Gasteiger partial charge in [0.15, 0.2) is 5.82 Å². The monoisotopic (exact) mass is 467 g/mol. The molecule has 0 saturated heterocycles. The van der Waals surface area contributed by atoms with E-state index < -0.39 is 17.5 Å². The molecule has 0 radical (unpaired) electrons. The summed E-state index contributed by atoms with van der Waals surface area (Å²) >= 11 is 6.08. The zero-order valence-corrected chi connectivity index (χ0v) is 18.5. The van der Waals surface area contributed by atoms with Crippen LogP contribution >= 0.6 is 11.6 Å². The zero-order valence-electron chi connectivity index (χ0n) is 17.8. The summed E-state index contributed by atoms with van der Waals surface area (Å²) in [4.78, 5) is 38.4. The van der Waals surface area contributed by atoms with Gasteiger partial charge in [-0.3, -0.25) is 13.9 Å². The molecule has 4 rings (SSSR count). The quantitative estimate of drug-likeness (QED) is 0.480. The molecule has 9 heteroatoms. The molecule has 7 nitrogen and oxygen atoms in total. The Morgan fingerprint density at radius 3 is 2.36 bits per heavy atom. The van der Waals surface area contributed by atoms with E-state index >= 15 is 0 Å². The number of rotatable bonds is 5. The summed E-state index contributed by atoms with van der Waals surface area (Å²) in [5.74, 6) is -1.97. The Morgan fingerprint density at radius 2 is 1.73 bits per heavy atom. The van der Waals surface area contributed by atoms with Crippen molar-refractivity contribution in [3.63, 3.8) is 0 Å². The van der Waals surface area contributed by atoms with Crippen molar-refractivity contribution in [2.75, 3.05) is 14.1 Å². The second kappa shape index (κ2) is 8.55. The van der Waals surface area contributed by atoms with Gasteiger partial charge in [-0.25, -0.2) is 14.0 Å². The number of hydrogen-bond acceptors (Lipinski definition) is 3. The van der Waals surface area contributed by atoms with Crippen LogP contribution in [0.1, 0.15) is 26.3 Å². The number of fused-ring (bicyclic) bond motifs is 1. The Hall–Kier alpha value is -3.91. The Labute approximate surface area is 192 Å². The first-order chi connectivity index (χ1) is 15.7. The molecular formula is C24H19ClFN3O4. The molecule has 4 aromatic rings. The van der Waals surface area contributed by atoms with Gasteiger partial charge in [0.25, 0.3) is 5.91 Å². The average Bonchev–Trinajstić information content (AvgIpc) is 3.04. The standard InChI is InChI=1S/C24H19ClFN3O4/c1-27(2)22(30)15-6-8-18(9-7-15)29-20-12-17(25)11-19(26)21(20)28(24(29)33)13-14-4-3-5-16(10-14)23(31)32/h3-12H,13H2,1-2H3,(H,31,32). The van der Waals surface area contributed by atoms with Crippen molar-refractivity contribution in [1.29, 1.82) is 0 Å². The van der Waals surface area contributed by atoms with Crippen LogP contribution in [0.4, 0.5) is 4.39 Å². The third kappa shape index (κ3) is 4.12. The van der Waals surface area contributed by atoms with E-state index in [0.29, 0.717) is 16.8 Å². The second-order valence-electron chi connectivity index (χ2n) is 7.71. The van der Waals surface area contributed by atoms with Gasteiger partial charge < -0.3 is 10.0 Å². The number of halogens is 2. The first kappa shape index (κ1) is 22.3. The molecule has 0 bridgehead atoms. The van der Waals surface area contributed by atoms with Crippen molar-refractivity contribution < 1.29 is 19.1 Å². The predicted octanol–water partition coefficient (Wildman–Crippen LogP) is 4.03. The summed E-state index contributed by atoms with van der Waals surface area (Å²) in [5, 5.41) is 9.37. The largest absolute Gasteiger partial charge is 0.478 e. The topological polar surface area (TPSA) is 84.5 Å². The SMILES string of the molecule is CN(C)C(=O)c1ccc(-n2c(=O)n(Cc3cccc(C(=O)O)c3)c3c(F)cc(Cl)cc32)cc1. The maximum atomic E-state index is 15.0. The first-order valence-corrected chi connectivity index (χ1v) is 10.3. The van der Waals surface area contributed by atoms with E-state index in [1.54, 1.807) is 50.5 Å². The highest BCUT2D eigenvalue weighted by Gasteiger charge is 2.20. The minimum absolute atomic E-state index is 0.0403. The van der Waals surface area contributed by atoms with Gasteiger partial charge in [-0.2, -0.15) is 0 Å². The van der Waals surface area contributed by atoms with Crippen molar-refractivity contribution in [2.45, 2.75) is 6.54 Å². The fraction of sp³-hybridized carbons (Fsp3) is 0.125. The van der Waals surface area contributed by atoms with Crippen molar-refractivity contribution in [3.8, 4) is 5.69 Å². The summed E-state index contributed by atoms with van der Waals surface area (Å²) in [5.41, 5.74) is 1.23. The lowest BCUT2D eigenvalue weighted by atomic mass is 10.1. The molecule has 1 aromatic heterocycles. The number of hydrogen-bond donors (Lipinski definition) is 1. The number of amides is 1. The average molecular weight is 468 g/mol. The number of nitrogens with zero attached hydrogens (tertiary/aromatic N) is 3. The maximum Gasteiger partial charge on any atom is 0.335 e. The number of carboxylic acids is 1. The van der Waals surface area contributed by atoms with Crippen LogP contribution in [0.25, 0.3) is 16.7 Å². The lowest BCUT2D eigenvalue weighted by Crippen LogP contribution is -2.24. The van der Waals surface area contributed by atoms with Gasteiger partial charge in [-0.1, -0.05) is 23.7 Å². The minimum atomic E-state index is -1.10. The van der Waals surface area contributed by atoms with Crippen LogP contribution in [0.5, 0.6) is 0 Å². The van der Waals surface area contributed by atoms with Crippen LogP contribution in [-0.4, -0.2) is 45.1 Å².